The van der Waals surface area contributed by atoms with Gasteiger partial charge in [-0.25, -0.2) is 4.98 Å². The highest BCUT2D eigenvalue weighted by molar-refractivity contribution is 5.96. The molecular formula is C21H26N4O. The summed E-state index contributed by atoms with van der Waals surface area (Å²) < 4.78 is 0. The SMILES string of the molecule is CCN[C@H](CC(C)C)C(=O)Nc1ccc(-c2ccnc3[nH]ccc23)cc1. The van der Waals surface area contributed by atoms with Crippen molar-refractivity contribution in [3.63, 3.8) is 0 Å². The zero-order valence-electron chi connectivity index (χ0n) is 15.5. The van der Waals surface area contributed by atoms with E-state index < -0.39 is 0 Å². The van der Waals surface area contributed by atoms with Gasteiger partial charge in [0.05, 0.1) is 6.04 Å². The number of fused-ring (bicyclic) bond motifs is 1. The van der Waals surface area contributed by atoms with Crippen molar-refractivity contribution < 1.29 is 4.79 Å². The van der Waals surface area contributed by atoms with Crippen LogP contribution in [-0.2, 0) is 4.79 Å². The number of carbonyl (C=O) groups is 1. The van der Waals surface area contributed by atoms with Gasteiger partial charge in [-0.1, -0.05) is 32.9 Å². The molecule has 0 saturated heterocycles. The smallest absolute Gasteiger partial charge is 0.241 e. The molecule has 5 heteroatoms. The summed E-state index contributed by atoms with van der Waals surface area (Å²) in [7, 11) is 0. The molecule has 3 rings (SSSR count). The lowest BCUT2D eigenvalue weighted by Crippen LogP contribution is -2.41. The maximum absolute atomic E-state index is 12.5. The maximum Gasteiger partial charge on any atom is 0.241 e. The Balaban J connectivity index is 1.75. The summed E-state index contributed by atoms with van der Waals surface area (Å²) in [5.74, 6) is 0.480. The molecule has 0 saturated carbocycles. The number of hydrogen-bond acceptors (Lipinski definition) is 3. The summed E-state index contributed by atoms with van der Waals surface area (Å²) >= 11 is 0. The molecule has 1 aromatic carbocycles. The fourth-order valence-electron chi connectivity index (χ4n) is 3.18. The van der Waals surface area contributed by atoms with Gasteiger partial charge in [-0.05, 0) is 54.3 Å². The lowest BCUT2D eigenvalue weighted by molar-refractivity contribution is -0.118. The quantitative estimate of drug-likeness (QED) is 0.598. The summed E-state index contributed by atoms with van der Waals surface area (Å²) in [4.78, 5) is 20.0. The van der Waals surface area contributed by atoms with Crippen molar-refractivity contribution in [3.8, 4) is 11.1 Å². The van der Waals surface area contributed by atoms with E-state index in [9.17, 15) is 4.79 Å². The Labute approximate surface area is 154 Å². The first-order valence-corrected chi connectivity index (χ1v) is 9.15. The molecule has 1 amide bonds. The van der Waals surface area contributed by atoms with E-state index in [2.05, 4.69) is 34.4 Å². The Hall–Kier alpha value is -2.66. The number of aromatic nitrogens is 2. The van der Waals surface area contributed by atoms with Crippen LogP contribution >= 0.6 is 0 Å². The van der Waals surface area contributed by atoms with Crippen LogP contribution in [0, 0.1) is 5.92 Å². The monoisotopic (exact) mass is 350 g/mol. The van der Waals surface area contributed by atoms with Crippen LogP contribution in [0.15, 0.2) is 48.8 Å². The molecule has 0 spiro atoms. The van der Waals surface area contributed by atoms with Crippen molar-refractivity contribution in [2.75, 3.05) is 11.9 Å². The average Bonchev–Trinajstić information content (AvgIpc) is 3.10. The third-order valence-corrected chi connectivity index (χ3v) is 4.40. The molecule has 5 nitrogen and oxygen atoms in total. The number of nitrogens with one attached hydrogen (secondary N) is 3. The number of carbonyl (C=O) groups excluding carboxylic acids is 1. The highest BCUT2D eigenvalue weighted by Gasteiger charge is 2.18. The van der Waals surface area contributed by atoms with Crippen LogP contribution in [0.1, 0.15) is 27.2 Å². The fourth-order valence-corrected chi connectivity index (χ4v) is 3.18. The number of nitrogens with zero attached hydrogens (tertiary/aromatic N) is 1. The number of anilines is 1. The van der Waals surface area contributed by atoms with Crippen LogP contribution in [0.2, 0.25) is 0 Å². The first-order chi connectivity index (χ1) is 12.6. The normalized spacial score (nSPS) is 12.5. The van der Waals surface area contributed by atoms with E-state index in [0.717, 1.165) is 40.8 Å². The maximum atomic E-state index is 12.5. The molecule has 1 atom stereocenters. The summed E-state index contributed by atoms with van der Waals surface area (Å²) in [6.07, 6.45) is 4.52. The molecule has 2 heterocycles. The summed E-state index contributed by atoms with van der Waals surface area (Å²) in [6, 6.07) is 11.8. The van der Waals surface area contributed by atoms with Crippen molar-refractivity contribution in [1.82, 2.24) is 15.3 Å². The second-order valence-corrected chi connectivity index (χ2v) is 6.90. The Morgan fingerprint density at radius 2 is 1.92 bits per heavy atom. The second-order valence-electron chi connectivity index (χ2n) is 6.90. The summed E-state index contributed by atoms with van der Waals surface area (Å²) in [6.45, 7) is 7.05. The molecule has 0 radical (unpaired) electrons. The largest absolute Gasteiger partial charge is 0.346 e. The highest BCUT2D eigenvalue weighted by Crippen LogP contribution is 2.27. The van der Waals surface area contributed by atoms with Crippen molar-refractivity contribution in [1.29, 1.82) is 0 Å². The first kappa shape index (κ1) is 18.1. The molecule has 3 aromatic rings. The molecule has 0 aliphatic rings. The third kappa shape index (κ3) is 4.11. The van der Waals surface area contributed by atoms with E-state index in [-0.39, 0.29) is 11.9 Å². The van der Waals surface area contributed by atoms with Gasteiger partial charge in [0.15, 0.2) is 0 Å². The molecule has 26 heavy (non-hydrogen) atoms. The number of likely N-dealkylation sites (N-methyl/N-ethyl adjacent to an activating group) is 1. The van der Waals surface area contributed by atoms with E-state index in [1.54, 1.807) is 6.20 Å². The van der Waals surface area contributed by atoms with Crippen LogP contribution in [-0.4, -0.2) is 28.5 Å². The Bertz CT molecular complexity index is 867. The minimum atomic E-state index is -0.167. The van der Waals surface area contributed by atoms with E-state index in [1.807, 2.05) is 49.5 Å². The Morgan fingerprint density at radius 1 is 1.15 bits per heavy atom. The lowest BCUT2D eigenvalue weighted by Gasteiger charge is -2.19. The molecule has 136 valence electrons. The zero-order valence-corrected chi connectivity index (χ0v) is 15.5. The van der Waals surface area contributed by atoms with Crippen LogP contribution in [0.4, 0.5) is 5.69 Å². The fraction of sp³-hybridized carbons (Fsp3) is 0.333. The van der Waals surface area contributed by atoms with Crippen molar-refractivity contribution in [2.45, 2.75) is 33.2 Å². The van der Waals surface area contributed by atoms with Gasteiger partial charge in [0.1, 0.15) is 5.65 Å². The number of hydrogen-bond donors (Lipinski definition) is 3. The second kappa shape index (κ2) is 8.15. The topological polar surface area (TPSA) is 69.8 Å². The summed E-state index contributed by atoms with van der Waals surface area (Å²) in [5.41, 5.74) is 3.91. The lowest BCUT2D eigenvalue weighted by atomic mass is 10.0. The van der Waals surface area contributed by atoms with Gasteiger partial charge in [0.2, 0.25) is 5.91 Å². The molecule has 2 aromatic heterocycles. The third-order valence-electron chi connectivity index (χ3n) is 4.40. The highest BCUT2D eigenvalue weighted by atomic mass is 16.2. The van der Waals surface area contributed by atoms with Crippen LogP contribution in [0.25, 0.3) is 22.2 Å². The number of H-pyrrole nitrogens is 1. The van der Waals surface area contributed by atoms with Crippen molar-refractivity contribution in [3.05, 3.63) is 48.8 Å². The molecule has 0 bridgehead atoms. The van der Waals surface area contributed by atoms with E-state index in [4.69, 9.17) is 0 Å². The minimum absolute atomic E-state index is 0.0187. The standard InChI is InChI=1S/C21H26N4O/c1-4-22-19(13-14(2)3)21(26)25-16-7-5-15(6-8-16)17-9-11-23-20-18(17)10-12-24-20/h5-12,14,19,22H,4,13H2,1-3H3,(H,23,24)(H,25,26)/t19-/m1/s1. The zero-order chi connectivity index (χ0) is 18.5. The van der Waals surface area contributed by atoms with Crippen LogP contribution in [0.3, 0.4) is 0 Å². The number of benzene rings is 1. The van der Waals surface area contributed by atoms with E-state index in [1.165, 1.54) is 0 Å². The molecule has 0 unspecified atom stereocenters. The number of rotatable bonds is 7. The number of pyridine rings is 1. The summed E-state index contributed by atoms with van der Waals surface area (Å²) in [5, 5.41) is 7.38. The number of aromatic amines is 1. The number of amides is 1. The minimum Gasteiger partial charge on any atom is -0.346 e. The van der Waals surface area contributed by atoms with Crippen molar-refractivity contribution >= 4 is 22.6 Å². The molecule has 0 fully saturated rings. The van der Waals surface area contributed by atoms with Crippen molar-refractivity contribution in [2.24, 2.45) is 5.92 Å². The molecule has 0 aliphatic carbocycles. The molecule has 0 aliphatic heterocycles. The average molecular weight is 350 g/mol. The molecule has 3 N–H and O–H groups in total. The van der Waals surface area contributed by atoms with Gasteiger partial charge < -0.3 is 15.6 Å². The molecular weight excluding hydrogens is 324 g/mol. The Morgan fingerprint density at radius 3 is 2.62 bits per heavy atom. The van der Waals surface area contributed by atoms with E-state index >= 15 is 0 Å². The predicted octanol–water partition coefficient (Wildman–Crippen LogP) is 4.19. The predicted molar refractivity (Wildman–Crippen MR) is 107 cm³/mol. The van der Waals surface area contributed by atoms with Gasteiger partial charge in [0.25, 0.3) is 0 Å². The van der Waals surface area contributed by atoms with Crippen LogP contribution < -0.4 is 10.6 Å². The Kier molecular flexibility index (Phi) is 5.68. The van der Waals surface area contributed by atoms with Gasteiger partial charge in [-0.2, -0.15) is 0 Å². The van der Waals surface area contributed by atoms with Crippen LogP contribution in [0.5, 0.6) is 0 Å². The van der Waals surface area contributed by atoms with Gasteiger partial charge in [0, 0.05) is 23.5 Å². The van der Waals surface area contributed by atoms with Gasteiger partial charge >= 0.3 is 0 Å². The van der Waals surface area contributed by atoms with Gasteiger partial charge in [-0.3, -0.25) is 4.79 Å². The van der Waals surface area contributed by atoms with E-state index in [0.29, 0.717) is 5.92 Å². The first-order valence-electron chi connectivity index (χ1n) is 9.15. The van der Waals surface area contributed by atoms with Gasteiger partial charge in [-0.15, -0.1) is 0 Å².